The van der Waals surface area contributed by atoms with Gasteiger partial charge in [-0.1, -0.05) is 12.2 Å². The number of hydrogen-bond donors (Lipinski definition) is 2. The molecule has 1 aromatic heterocycles. The molecule has 0 saturated carbocycles. The summed E-state index contributed by atoms with van der Waals surface area (Å²) in [5.41, 5.74) is 5.29. The van der Waals surface area contributed by atoms with Crippen LogP contribution >= 0.6 is 23.6 Å². The Labute approximate surface area is 124 Å². The SMILES string of the molecule is Cc1cnc(C(C)Nc2ccc(C(N)=S)c(F)c2F)s1. The van der Waals surface area contributed by atoms with Crippen LogP contribution in [0, 0.1) is 18.6 Å². The lowest BCUT2D eigenvalue weighted by molar-refractivity contribution is 0.508. The molecule has 0 bridgehead atoms. The molecule has 3 N–H and O–H groups in total. The van der Waals surface area contributed by atoms with Gasteiger partial charge in [-0.2, -0.15) is 0 Å². The number of nitrogens with zero attached hydrogens (tertiary/aromatic N) is 1. The van der Waals surface area contributed by atoms with Crippen molar-refractivity contribution in [3.63, 3.8) is 0 Å². The molecule has 0 aliphatic rings. The summed E-state index contributed by atoms with van der Waals surface area (Å²) in [6.07, 6.45) is 1.74. The van der Waals surface area contributed by atoms with Crippen molar-refractivity contribution in [2.24, 2.45) is 5.73 Å². The van der Waals surface area contributed by atoms with Crippen molar-refractivity contribution in [2.75, 3.05) is 5.32 Å². The van der Waals surface area contributed by atoms with Crippen LogP contribution in [-0.2, 0) is 0 Å². The second kappa shape index (κ2) is 5.80. The van der Waals surface area contributed by atoms with Gasteiger partial charge in [0.05, 0.1) is 11.7 Å². The number of halogens is 2. The zero-order chi connectivity index (χ0) is 14.9. The Balaban J connectivity index is 2.26. The van der Waals surface area contributed by atoms with E-state index < -0.39 is 11.6 Å². The number of benzene rings is 1. The minimum absolute atomic E-state index is 0.0582. The van der Waals surface area contributed by atoms with Crippen LogP contribution in [0.15, 0.2) is 18.3 Å². The van der Waals surface area contributed by atoms with Gasteiger partial charge in [-0.15, -0.1) is 11.3 Å². The van der Waals surface area contributed by atoms with Crippen molar-refractivity contribution in [1.82, 2.24) is 4.98 Å². The smallest absolute Gasteiger partial charge is 0.182 e. The molecule has 20 heavy (non-hydrogen) atoms. The molecule has 0 aliphatic heterocycles. The van der Waals surface area contributed by atoms with Gasteiger partial charge in [0.15, 0.2) is 11.6 Å². The maximum atomic E-state index is 13.9. The minimum Gasteiger partial charge on any atom is -0.389 e. The fourth-order valence-electron chi connectivity index (χ4n) is 1.72. The van der Waals surface area contributed by atoms with Gasteiger partial charge in [0.25, 0.3) is 0 Å². The number of aromatic nitrogens is 1. The van der Waals surface area contributed by atoms with Crippen molar-refractivity contribution < 1.29 is 8.78 Å². The quantitative estimate of drug-likeness (QED) is 0.848. The molecule has 0 radical (unpaired) electrons. The first-order valence-corrected chi connectivity index (χ1v) is 7.09. The number of nitrogens with two attached hydrogens (primary N) is 1. The molecule has 1 heterocycles. The molecule has 0 saturated heterocycles. The highest BCUT2D eigenvalue weighted by molar-refractivity contribution is 7.80. The first kappa shape index (κ1) is 14.8. The molecule has 0 fully saturated rings. The van der Waals surface area contributed by atoms with Gasteiger partial charge in [-0.25, -0.2) is 13.8 Å². The highest BCUT2D eigenvalue weighted by Crippen LogP contribution is 2.27. The number of rotatable bonds is 4. The predicted molar refractivity (Wildman–Crippen MR) is 81.1 cm³/mol. The van der Waals surface area contributed by atoms with E-state index in [1.165, 1.54) is 23.5 Å². The van der Waals surface area contributed by atoms with Crippen molar-refractivity contribution in [2.45, 2.75) is 19.9 Å². The van der Waals surface area contributed by atoms with Crippen molar-refractivity contribution in [3.05, 3.63) is 45.4 Å². The third kappa shape index (κ3) is 2.94. The van der Waals surface area contributed by atoms with Crippen molar-refractivity contribution in [3.8, 4) is 0 Å². The van der Waals surface area contributed by atoms with Gasteiger partial charge in [-0.3, -0.25) is 0 Å². The van der Waals surface area contributed by atoms with Crippen LogP contribution in [0.2, 0.25) is 0 Å². The average molecular weight is 313 g/mol. The summed E-state index contributed by atoms with van der Waals surface area (Å²) in [5.74, 6) is -2.03. The number of thiazole rings is 1. The molecular formula is C13H13F2N3S2. The van der Waals surface area contributed by atoms with Crippen LogP contribution in [0.1, 0.15) is 28.4 Å². The Morgan fingerprint density at radius 3 is 2.65 bits per heavy atom. The predicted octanol–water partition coefficient (Wildman–Crippen LogP) is 3.54. The zero-order valence-electron chi connectivity index (χ0n) is 10.9. The Kier molecular flexibility index (Phi) is 4.29. The summed E-state index contributed by atoms with van der Waals surface area (Å²) < 4.78 is 27.7. The second-order valence-corrected chi connectivity index (χ2v) is 6.03. The first-order chi connectivity index (χ1) is 9.40. The number of anilines is 1. The molecule has 1 unspecified atom stereocenters. The monoisotopic (exact) mass is 313 g/mol. The van der Waals surface area contributed by atoms with Crippen LogP contribution in [0.4, 0.5) is 14.5 Å². The van der Waals surface area contributed by atoms with E-state index in [1.807, 2.05) is 13.8 Å². The van der Waals surface area contributed by atoms with Gasteiger partial charge in [0.1, 0.15) is 10.00 Å². The lowest BCUT2D eigenvalue weighted by Crippen LogP contribution is -2.14. The zero-order valence-corrected chi connectivity index (χ0v) is 12.5. The summed E-state index contributed by atoms with van der Waals surface area (Å²) >= 11 is 6.16. The van der Waals surface area contributed by atoms with Crippen LogP contribution in [0.5, 0.6) is 0 Å². The fourth-order valence-corrected chi connectivity index (χ4v) is 2.65. The topological polar surface area (TPSA) is 50.9 Å². The number of thiocarbonyl (C=S) groups is 1. The lowest BCUT2D eigenvalue weighted by atomic mass is 10.1. The summed E-state index contributed by atoms with van der Waals surface area (Å²) in [5, 5.41) is 3.70. The average Bonchev–Trinajstić information content (AvgIpc) is 2.81. The van der Waals surface area contributed by atoms with Crippen molar-refractivity contribution >= 4 is 34.2 Å². The van der Waals surface area contributed by atoms with E-state index in [-0.39, 0.29) is 22.3 Å². The number of aryl methyl sites for hydroxylation is 1. The standard InChI is InChI=1S/C13H13F2N3S2/c1-6-5-17-13(20-6)7(2)18-9-4-3-8(12(16)19)10(14)11(9)15/h3-5,7,18H,1-2H3,(H2,16,19). The van der Waals surface area contributed by atoms with E-state index in [9.17, 15) is 8.78 Å². The maximum Gasteiger partial charge on any atom is 0.182 e. The van der Waals surface area contributed by atoms with E-state index in [4.69, 9.17) is 5.73 Å². The van der Waals surface area contributed by atoms with Gasteiger partial charge in [0.2, 0.25) is 0 Å². The third-order valence-electron chi connectivity index (χ3n) is 2.73. The molecule has 1 atom stereocenters. The molecule has 7 heteroatoms. The Morgan fingerprint density at radius 1 is 1.40 bits per heavy atom. The third-order valence-corrected chi connectivity index (χ3v) is 4.04. The summed E-state index contributed by atoms with van der Waals surface area (Å²) in [6, 6.07) is 2.56. The molecule has 3 nitrogen and oxygen atoms in total. The molecule has 0 spiro atoms. The molecule has 0 amide bonds. The fraction of sp³-hybridized carbons (Fsp3) is 0.231. The minimum atomic E-state index is -1.04. The van der Waals surface area contributed by atoms with E-state index in [1.54, 1.807) is 6.20 Å². The number of hydrogen-bond acceptors (Lipinski definition) is 4. The van der Waals surface area contributed by atoms with Crippen LogP contribution in [0.3, 0.4) is 0 Å². The van der Waals surface area contributed by atoms with E-state index in [0.29, 0.717) is 0 Å². The maximum absolute atomic E-state index is 13.9. The van der Waals surface area contributed by atoms with Crippen LogP contribution in [-0.4, -0.2) is 9.97 Å². The van der Waals surface area contributed by atoms with Gasteiger partial charge in [0, 0.05) is 16.6 Å². The largest absolute Gasteiger partial charge is 0.389 e. The molecule has 2 rings (SSSR count). The van der Waals surface area contributed by atoms with Crippen molar-refractivity contribution in [1.29, 1.82) is 0 Å². The highest BCUT2D eigenvalue weighted by Gasteiger charge is 2.17. The van der Waals surface area contributed by atoms with Crippen LogP contribution in [0.25, 0.3) is 0 Å². The van der Waals surface area contributed by atoms with E-state index >= 15 is 0 Å². The highest BCUT2D eigenvalue weighted by atomic mass is 32.1. The second-order valence-electron chi connectivity index (χ2n) is 4.33. The molecule has 1 aromatic carbocycles. The molecule has 2 aromatic rings. The molecule has 0 aliphatic carbocycles. The molecule has 106 valence electrons. The van der Waals surface area contributed by atoms with Gasteiger partial charge >= 0.3 is 0 Å². The Bertz CT molecular complexity index is 655. The summed E-state index contributed by atoms with van der Waals surface area (Å²) in [6.45, 7) is 3.77. The van der Waals surface area contributed by atoms with Gasteiger partial charge in [-0.05, 0) is 26.0 Å². The Hall–Kier alpha value is -1.60. The normalized spacial score (nSPS) is 12.2. The van der Waals surface area contributed by atoms with Crippen LogP contribution < -0.4 is 11.1 Å². The molecular weight excluding hydrogens is 300 g/mol. The lowest BCUT2D eigenvalue weighted by Gasteiger charge is -2.14. The van der Waals surface area contributed by atoms with E-state index in [2.05, 4.69) is 22.5 Å². The number of nitrogens with one attached hydrogen (secondary N) is 1. The summed E-state index contributed by atoms with van der Waals surface area (Å²) in [7, 11) is 0. The summed E-state index contributed by atoms with van der Waals surface area (Å²) in [4.78, 5) is 5.10. The van der Waals surface area contributed by atoms with E-state index in [0.717, 1.165) is 9.88 Å². The first-order valence-electron chi connectivity index (χ1n) is 5.86. The van der Waals surface area contributed by atoms with Gasteiger partial charge < -0.3 is 11.1 Å². The Morgan fingerprint density at radius 2 is 2.10 bits per heavy atom.